The van der Waals surface area contributed by atoms with Gasteiger partial charge in [0.25, 0.3) is 0 Å². The van der Waals surface area contributed by atoms with Gasteiger partial charge in [-0.2, -0.15) is 0 Å². The Bertz CT molecular complexity index is 109. The van der Waals surface area contributed by atoms with E-state index in [2.05, 4.69) is 6.92 Å². The minimum absolute atomic E-state index is 0.373. The van der Waals surface area contributed by atoms with Gasteiger partial charge in [-0.15, -0.1) is 0 Å². The summed E-state index contributed by atoms with van der Waals surface area (Å²) in [5, 5.41) is 8.64. The first-order chi connectivity index (χ1) is 8.41. The molecule has 0 saturated carbocycles. The predicted octanol–water partition coefficient (Wildman–Crippen LogP) is 5.46. The maximum absolute atomic E-state index is 8.64. The van der Waals surface area contributed by atoms with Gasteiger partial charge < -0.3 is 5.11 Å². The molecule has 0 aromatic heterocycles. The van der Waals surface area contributed by atoms with Crippen LogP contribution in [0.1, 0.15) is 96.8 Å². The fraction of sp³-hybridized carbons (Fsp3) is 1.00. The smallest absolute Gasteiger partial charge is 0.0431 e. The number of rotatable bonds is 14. The van der Waals surface area contributed by atoms with Gasteiger partial charge in [0.15, 0.2) is 0 Å². The second-order valence-electron chi connectivity index (χ2n) is 5.32. The third-order valence-electron chi connectivity index (χ3n) is 3.51. The Morgan fingerprint density at radius 2 is 0.941 bits per heavy atom. The third-order valence-corrected chi connectivity index (χ3v) is 3.51. The maximum Gasteiger partial charge on any atom is 0.0431 e. The quantitative estimate of drug-likeness (QED) is 0.402. The van der Waals surface area contributed by atoms with E-state index < -0.39 is 0 Å². The Morgan fingerprint density at radius 3 is 1.29 bits per heavy atom. The average Bonchev–Trinajstić information content (AvgIpc) is 2.35. The lowest BCUT2D eigenvalue weighted by Crippen LogP contribution is -1.84. The molecule has 17 heavy (non-hydrogen) atoms. The lowest BCUT2D eigenvalue weighted by molar-refractivity contribution is 0.282. The summed E-state index contributed by atoms with van der Waals surface area (Å²) in [7, 11) is 0. The van der Waals surface area contributed by atoms with E-state index in [4.69, 9.17) is 5.11 Å². The molecule has 104 valence electrons. The van der Waals surface area contributed by atoms with E-state index in [1.165, 1.54) is 83.5 Å². The molecule has 1 N–H and O–H groups in total. The molecular formula is C16H34O. The van der Waals surface area contributed by atoms with Gasteiger partial charge in [0.1, 0.15) is 0 Å². The van der Waals surface area contributed by atoms with Crippen molar-refractivity contribution in [3.63, 3.8) is 0 Å². The molecular weight excluding hydrogens is 210 g/mol. The maximum atomic E-state index is 8.64. The molecule has 1 heteroatoms. The van der Waals surface area contributed by atoms with Crippen molar-refractivity contribution in [2.75, 3.05) is 6.61 Å². The van der Waals surface area contributed by atoms with E-state index >= 15 is 0 Å². The molecule has 0 spiro atoms. The van der Waals surface area contributed by atoms with Crippen LogP contribution in [0.3, 0.4) is 0 Å². The van der Waals surface area contributed by atoms with Crippen LogP contribution < -0.4 is 0 Å². The Morgan fingerprint density at radius 1 is 0.588 bits per heavy atom. The topological polar surface area (TPSA) is 20.2 Å². The Labute approximate surface area is 109 Å². The Hall–Kier alpha value is -0.0400. The van der Waals surface area contributed by atoms with Crippen molar-refractivity contribution in [3.05, 3.63) is 0 Å². The van der Waals surface area contributed by atoms with Crippen molar-refractivity contribution < 1.29 is 5.11 Å². The van der Waals surface area contributed by atoms with Crippen LogP contribution in [-0.2, 0) is 0 Å². The molecule has 1 nitrogen and oxygen atoms in total. The molecule has 0 aliphatic heterocycles. The molecule has 0 aromatic carbocycles. The van der Waals surface area contributed by atoms with Crippen LogP contribution in [0.2, 0.25) is 0 Å². The standard InChI is InChI=1S/C16H34O/c1-2-3-4-5-6-7-8-9-10-11-12-13-14-15-16-17/h17H,2-16H2,1H3/i16+2. The number of aliphatic hydroxyl groups excluding tert-OH is 1. The van der Waals surface area contributed by atoms with Crippen molar-refractivity contribution in [3.8, 4) is 0 Å². The fourth-order valence-electron chi connectivity index (χ4n) is 2.31. The fourth-order valence-corrected chi connectivity index (χ4v) is 2.31. The molecule has 0 unspecified atom stereocenters. The first-order valence-electron chi connectivity index (χ1n) is 8.02. The third kappa shape index (κ3) is 16.0. The summed E-state index contributed by atoms with van der Waals surface area (Å²) in [6.07, 6.45) is 19.2. The van der Waals surface area contributed by atoms with Crippen molar-refractivity contribution >= 4 is 0 Å². The molecule has 0 aliphatic rings. The van der Waals surface area contributed by atoms with E-state index in [1.807, 2.05) is 0 Å². The lowest BCUT2D eigenvalue weighted by atomic mass is 10.0. The van der Waals surface area contributed by atoms with Crippen LogP contribution >= 0.6 is 0 Å². The highest BCUT2D eigenvalue weighted by atomic mass is 16.5. The lowest BCUT2D eigenvalue weighted by Gasteiger charge is -2.02. The summed E-state index contributed by atoms with van der Waals surface area (Å²) in [6, 6.07) is 0. The van der Waals surface area contributed by atoms with Crippen LogP contribution in [-0.4, -0.2) is 11.7 Å². The second-order valence-corrected chi connectivity index (χ2v) is 5.32. The first kappa shape index (κ1) is 17.0. The Balaban J connectivity index is 2.85. The largest absolute Gasteiger partial charge is 0.396 e. The zero-order valence-corrected chi connectivity index (χ0v) is 12.1. The van der Waals surface area contributed by atoms with Crippen molar-refractivity contribution in [1.29, 1.82) is 0 Å². The van der Waals surface area contributed by atoms with Crippen LogP contribution in [0.4, 0.5) is 0 Å². The van der Waals surface area contributed by atoms with Crippen LogP contribution in [0.15, 0.2) is 0 Å². The number of hydrogen-bond acceptors (Lipinski definition) is 1. The van der Waals surface area contributed by atoms with Crippen molar-refractivity contribution in [2.24, 2.45) is 0 Å². The Kier molecular flexibility index (Phi) is 15.9. The van der Waals surface area contributed by atoms with Gasteiger partial charge in [0.2, 0.25) is 0 Å². The van der Waals surface area contributed by atoms with Gasteiger partial charge in [-0.1, -0.05) is 90.4 Å². The molecule has 0 aliphatic carbocycles. The molecule has 0 rings (SSSR count). The molecule has 0 atom stereocenters. The monoisotopic (exact) mass is 244 g/mol. The number of aliphatic hydroxyl groups is 1. The summed E-state index contributed by atoms with van der Waals surface area (Å²) in [4.78, 5) is 0. The minimum atomic E-state index is 0.373. The van der Waals surface area contributed by atoms with Crippen LogP contribution in [0.5, 0.6) is 0 Å². The molecule has 0 fully saturated rings. The molecule has 0 saturated heterocycles. The van der Waals surface area contributed by atoms with Crippen molar-refractivity contribution in [1.82, 2.24) is 0 Å². The predicted molar refractivity (Wildman–Crippen MR) is 77.4 cm³/mol. The zero-order valence-electron chi connectivity index (χ0n) is 12.1. The summed E-state index contributed by atoms with van der Waals surface area (Å²) >= 11 is 0. The summed E-state index contributed by atoms with van der Waals surface area (Å²) in [5.74, 6) is 0. The van der Waals surface area contributed by atoms with Gasteiger partial charge in [-0.25, -0.2) is 0 Å². The van der Waals surface area contributed by atoms with Crippen LogP contribution in [0, 0.1) is 0 Å². The number of hydrogen-bond donors (Lipinski definition) is 1. The van der Waals surface area contributed by atoms with E-state index in [-0.39, 0.29) is 0 Å². The highest BCUT2D eigenvalue weighted by Gasteiger charge is 1.93. The molecule has 0 heterocycles. The van der Waals surface area contributed by atoms with E-state index in [0.29, 0.717) is 6.61 Å². The van der Waals surface area contributed by atoms with E-state index in [0.717, 1.165) is 6.42 Å². The summed E-state index contributed by atoms with van der Waals surface area (Å²) in [6.45, 7) is 2.65. The van der Waals surface area contributed by atoms with Gasteiger partial charge in [0.05, 0.1) is 0 Å². The van der Waals surface area contributed by atoms with Gasteiger partial charge >= 0.3 is 0 Å². The second kappa shape index (κ2) is 16.0. The van der Waals surface area contributed by atoms with Crippen LogP contribution in [0.25, 0.3) is 0 Å². The number of unbranched alkanes of at least 4 members (excludes halogenated alkanes) is 13. The average molecular weight is 244 g/mol. The van der Waals surface area contributed by atoms with Crippen molar-refractivity contribution in [2.45, 2.75) is 96.8 Å². The van der Waals surface area contributed by atoms with Gasteiger partial charge in [-0.3, -0.25) is 0 Å². The summed E-state index contributed by atoms with van der Waals surface area (Å²) in [5.41, 5.74) is 0. The minimum Gasteiger partial charge on any atom is -0.396 e. The van der Waals surface area contributed by atoms with E-state index in [1.54, 1.807) is 0 Å². The van der Waals surface area contributed by atoms with Gasteiger partial charge in [-0.05, 0) is 6.42 Å². The molecule has 0 aromatic rings. The van der Waals surface area contributed by atoms with Gasteiger partial charge in [0, 0.05) is 6.61 Å². The summed E-state index contributed by atoms with van der Waals surface area (Å²) < 4.78 is 0. The highest BCUT2D eigenvalue weighted by molar-refractivity contribution is 4.48. The molecule has 0 bridgehead atoms. The SMILES string of the molecule is CCCCCCCCCCCCCCC[14CH2]O. The molecule has 0 radical (unpaired) electrons. The molecule has 0 amide bonds. The highest BCUT2D eigenvalue weighted by Crippen LogP contribution is 2.12. The zero-order chi connectivity index (χ0) is 12.6. The van der Waals surface area contributed by atoms with E-state index in [9.17, 15) is 0 Å². The normalized spacial score (nSPS) is 10.9. The first-order valence-corrected chi connectivity index (χ1v) is 8.02.